The normalized spacial score (nSPS) is 12.0. The van der Waals surface area contributed by atoms with E-state index in [2.05, 4.69) is 5.32 Å². The summed E-state index contributed by atoms with van der Waals surface area (Å²) in [5, 5.41) is 2.82. The Bertz CT molecular complexity index is 637. The molecule has 0 spiro atoms. The lowest BCUT2D eigenvalue weighted by atomic mass is 9.90. The molecule has 0 fully saturated rings. The molecule has 1 unspecified atom stereocenters. The maximum Gasteiger partial charge on any atom is 0.221 e. The van der Waals surface area contributed by atoms with Gasteiger partial charge in [-0.2, -0.15) is 0 Å². The minimum atomic E-state index is -0.227. The molecule has 0 heterocycles. The van der Waals surface area contributed by atoms with Crippen LogP contribution in [0, 0.1) is 12.7 Å². The number of amides is 1. The molecule has 2 rings (SSSR count). The van der Waals surface area contributed by atoms with Crippen LogP contribution in [0.3, 0.4) is 0 Å². The monoisotopic (exact) mass is 271 g/mol. The lowest BCUT2D eigenvalue weighted by Gasteiger charge is -2.18. The summed E-state index contributed by atoms with van der Waals surface area (Å²) in [6, 6.07) is 12.6. The van der Waals surface area contributed by atoms with Gasteiger partial charge in [0.2, 0.25) is 5.91 Å². The van der Waals surface area contributed by atoms with Gasteiger partial charge >= 0.3 is 0 Å². The minimum absolute atomic E-state index is 0.126. The first-order chi connectivity index (χ1) is 9.49. The summed E-state index contributed by atoms with van der Waals surface area (Å²) in [5.74, 6) is -0.481. The molecule has 2 aromatic rings. The third-order valence-corrected chi connectivity index (χ3v) is 3.36. The van der Waals surface area contributed by atoms with Gasteiger partial charge in [0, 0.05) is 18.5 Å². The van der Waals surface area contributed by atoms with Crippen molar-refractivity contribution in [1.82, 2.24) is 0 Å². The second-order valence-electron chi connectivity index (χ2n) is 5.02. The van der Waals surface area contributed by atoms with Gasteiger partial charge in [-0.05, 0) is 35.7 Å². The van der Waals surface area contributed by atoms with Crippen LogP contribution in [0.5, 0.6) is 0 Å². The van der Waals surface area contributed by atoms with Crippen molar-refractivity contribution >= 4 is 11.6 Å². The van der Waals surface area contributed by atoms with Crippen molar-refractivity contribution in [2.75, 3.05) is 5.32 Å². The van der Waals surface area contributed by atoms with Crippen molar-refractivity contribution in [1.29, 1.82) is 0 Å². The number of nitrogens with one attached hydrogen (secondary N) is 1. The number of carbonyl (C=O) groups is 1. The lowest BCUT2D eigenvalue weighted by Crippen LogP contribution is -2.10. The third-order valence-electron chi connectivity index (χ3n) is 3.36. The maximum atomic E-state index is 13.9. The van der Waals surface area contributed by atoms with Gasteiger partial charge in [-0.3, -0.25) is 4.79 Å². The van der Waals surface area contributed by atoms with E-state index in [1.807, 2.05) is 38.1 Å². The van der Waals surface area contributed by atoms with Crippen LogP contribution in [-0.4, -0.2) is 5.91 Å². The molecule has 1 amide bonds. The van der Waals surface area contributed by atoms with E-state index in [-0.39, 0.29) is 17.6 Å². The number of benzene rings is 2. The first-order valence-corrected chi connectivity index (χ1v) is 6.61. The SMILES string of the molecule is CC(=O)Nc1cc(C)ccc1C(C)c1ccccc1F. The smallest absolute Gasteiger partial charge is 0.221 e. The van der Waals surface area contributed by atoms with Crippen LogP contribution >= 0.6 is 0 Å². The third kappa shape index (κ3) is 3.05. The van der Waals surface area contributed by atoms with Gasteiger partial charge in [0.1, 0.15) is 5.82 Å². The molecule has 2 aromatic carbocycles. The maximum absolute atomic E-state index is 13.9. The van der Waals surface area contributed by atoms with E-state index in [1.165, 1.54) is 13.0 Å². The van der Waals surface area contributed by atoms with E-state index in [9.17, 15) is 9.18 Å². The Balaban J connectivity index is 2.46. The van der Waals surface area contributed by atoms with Crippen LogP contribution in [0.2, 0.25) is 0 Å². The topological polar surface area (TPSA) is 29.1 Å². The summed E-state index contributed by atoms with van der Waals surface area (Å²) in [5.41, 5.74) is 3.34. The van der Waals surface area contributed by atoms with Gasteiger partial charge in [-0.25, -0.2) is 4.39 Å². The zero-order valence-electron chi connectivity index (χ0n) is 11.9. The molecule has 0 aliphatic heterocycles. The fourth-order valence-electron chi connectivity index (χ4n) is 2.34. The molecular formula is C17H18FNO. The highest BCUT2D eigenvalue weighted by atomic mass is 19.1. The van der Waals surface area contributed by atoms with Crippen molar-refractivity contribution in [2.45, 2.75) is 26.7 Å². The van der Waals surface area contributed by atoms with Crippen molar-refractivity contribution in [2.24, 2.45) is 0 Å². The average molecular weight is 271 g/mol. The van der Waals surface area contributed by atoms with Gasteiger partial charge in [-0.1, -0.05) is 37.3 Å². The van der Waals surface area contributed by atoms with E-state index < -0.39 is 0 Å². The highest BCUT2D eigenvalue weighted by Gasteiger charge is 2.16. The number of carbonyl (C=O) groups excluding carboxylic acids is 1. The molecule has 0 saturated carbocycles. The fourth-order valence-corrected chi connectivity index (χ4v) is 2.34. The standard InChI is InChI=1S/C17H18FNO/c1-11-8-9-15(17(10-11)19-13(3)20)12(2)14-6-4-5-7-16(14)18/h4-10,12H,1-3H3,(H,19,20). The number of hydrogen-bond donors (Lipinski definition) is 1. The first kappa shape index (κ1) is 14.3. The Morgan fingerprint density at radius 3 is 2.50 bits per heavy atom. The van der Waals surface area contributed by atoms with Crippen molar-refractivity contribution in [3.05, 3.63) is 65.0 Å². The van der Waals surface area contributed by atoms with Crippen LogP contribution < -0.4 is 5.32 Å². The van der Waals surface area contributed by atoms with Gasteiger partial charge in [0.05, 0.1) is 0 Å². The van der Waals surface area contributed by atoms with Crippen molar-refractivity contribution < 1.29 is 9.18 Å². The molecule has 1 N–H and O–H groups in total. The highest BCUT2D eigenvalue weighted by molar-refractivity contribution is 5.89. The molecule has 3 heteroatoms. The van der Waals surface area contributed by atoms with E-state index >= 15 is 0 Å². The molecule has 0 radical (unpaired) electrons. The Morgan fingerprint density at radius 2 is 1.85 bits per heavy atom. The van der Waals surface area contributed by atoms with E-state index in [4.69, 9.17) is 0 Å². The number of halogens is 1. The molecular weight excluding hydrogens is 253 g/mol. The predicted octanol–water partition coefficient (Wildman–Crippen LogP) is 4.24. The summed E-state index contributed by atoms with van der Waals surface area (Å²) in [6.45, 7) is 5.37. The van der Waals surface area contributed by atoms with Crippen LogP contribution in [0.1, 0.15) is 36.5 Å². The van der Waals surface area contributed by atoms with Gasteiger partial charge in [-0.15, -0.1) is 0 Å². The Morgan fingerprint density at radius 1 is 1.15 bits per heavy atom. The quantitative estimate of drug-likeness (QED) is 0.888. The van der Waals surface area contributed by atoms with Crippen molar-refractivity contribution in [3.63, 3.8) is 0 Å². The van der Waals surface area contributed by atoms with E-state index in [1.54, 1.807) is 12.1 Å². The summed E-state index contributed by atoms with van der Waals surface area (Å²) < 4.78 is 13.9. The second-order valence-corrected chi connectivity index (χ2v) is 5.02. The zero-order chi connectivity index (χ0) is 14.7. The fraction of sp³-hybridized carbons (Fsp3) is 0.235. The Labute approximate surface area is 118 Å². The first-order valence-electron chi connectivity index (χ1n) is 6.61. The average Bonchev–Trinajstić information content (AvgIpc) is 2.38. The van der Waals surface area contributed by atoms with Crippen LogP contribution in [-0.2, 0) is 4.79 Å². The van der Waals surface area contributed by atoms with Gasteiger partial charge in [0.25, 0.3) is 0 Å². The number of rotatable bonds is 3. The molecule has 0 aliphatic rings. The van der Waals surface area contributed by atoms with E-state index in [0.717, 1.165) is 16.8 Å². The Kier molecular flexibility index (Phi) is 4.18. The molecule has 0 bridgehead atoms. The minimum Gasteiger partial charge on any atom is -0.326 e. The van der Waals surface area contributed by atoms with Crippen molar-refractivity contribution in [3.8, 4) is 0 Å². The summed E-state index contributed by atoms with van der Waals surface area (Å²) >= 11 is 0. The summed E-state index contributed by atoms with van der Waals surface area (Å²) in [4.78, 5) is 11.3. The second kappa shape index (κ2) is 5.87. The van der Waals surface area contributed by atoms with Gasteiger partial charge < -0.3 is 5.32 Å². The summed E-state index contributed by atoms with van der Waals surface area (Å²) in [6.07, 6.45) is 0. The van der Waals surface area contributed by atoms with Crippen LogP contribution in [0.25, 0.3) is 0 Å². The van der Waals surface area contributed by atoms with Crippen LogP contribution in [0.4, 0.5) is 10.1 Å². The lowest BCUT2D eigenvalue weighted by molar-refractivity contribution is -0.114. The molecule has 0 saturated heterocycles. The zero-order valence-corrected chi connectivity index (χ0v) is 11.9. The number of anilines is 1. The molecule has 20 heavy (non-hydrogen) atoms. The predicted molar refractivity (Wildman–Crippen MR) is 79.4 cm³/mol. The largest absolute Gasteiger partial charge is 0.326 e. The number of hydrogen-bond acceptors (Lipinski definition) is 1. The van der Waals surface area contributed by atoms with E-state index in [0.29, 0.717) is 5.56 Å². The molecule has 104 valence electrons. The highest BCUT2D eigenvalue weighted by Crippen LogP contribution is 2.32. The molecule has 0 aliphatic carbocycles. The number of aryl methyl sites for hydroxylation is 1. The van der Waals surface area contributed by atoms with Gasteiger partial charge in [0.15, 0.2) is 0 Å². The molecule has 1 atom stereocenters. The summed E-state index contributed by atoms with van der Waals surface area (Å²) in [7, 11) is 0. The Hall–Kier alpha value is -2.16. The molecule has 0 aromatic heterocycles. The van der Waals surface area contributed by atoms with Crippen LogP contribution in [0.15, 0.2) is 42.5 Å². The molecule has 2 nitrogen and oxygen atoms in total.